The quantitative estimate of drug-likeness (QED) is 0.844. The molecule has 18 heavy (non-hydrogen) atoms. The molecule has 2 rings (SSSR count). The van der Waals surface area contributed by atoms with Gasteiger partial charge in [-0.3, -0.25) is 0 Å². The minimum absolute atomic E-state index is 0.0172. The van der Waals surface area contributed by atoms with Crippen molar-refractivity contribution in [3.8, 4) is 6.07 Å². The summed E-state index contributed by atoms with van der Waals surface area (Å²) in [6.45, 7) is 5.49. The Hall–Kier alpha value is -1.54. The van der Waals surface area contributed by atoms with Gasteiger partial charge in [0.05, 0.1) is 28.3 Å². The number of nitriles is 1. The van der Waals surface area contributed by atoms with Gasteiger partial charge in [0.2, 0.25) is 0 Å². The van der Waals surface area contributed by atoms with E-state index in [9.17, 15) is 8.42 Å². The summed E-state index contributed by atoms with van der Waals surface area (Å²) in [6.07, 6.45) is 0.0172. The highest BCUT2D eigenvalue weighted by Gasteiger charge is 2.39. The largest absolute Gasteiger partial charge is 0.380 e. The molecule has 0 fully saturated rings. The third-order valence-corrected chi connectivity index (χ3v) is 5.94. The Morgan fingerprint density at radius 3 is 2.56 bits per heavy atom. The van der Waals surface area contributed by atoms with E-state index >= 15 is 0 Å². The summed E-state index contributed by atoms with van der Waals surface area (Å²) < 4.78 is 25.2. The molecule has 2 atom stereocenters. The van der Waals surface area contributed by atoms with Crippen LogP contribution in [0.15, 0.2) is 17.0 Å². The first-order valence-electron chi connectivity index (χ1n) is 5.87. The van der Waals surface area contributed by atoms with Gasteiger partial charge in [0.15, 0.2) is 9.84 Å². The number of nitrogens with zero attached hydrogens (tertiary/aromatic N) is 1. The molecule has 0 aliphatic carbocycles. The molecule has 0 saturated heterocycles. The van der Waals surface area contributed by atoms with Crippen molar-refractivity contribution in [2.75, 3.05) is 5.32 Å². The van der Waals surface area contributed by atoms with Crippen LogP contribution in [-0.4, -0.2) is 19.7 Å². The number of aryl methyl sites for hydroxylation is 2. The standard InChI is InChI=1S/C13H16N2O2S/c1-8-4-5-9(2)13-12(8)15-10(3)11(6-7-14)18(13,16)17/h4-5,10-11,15H,6H2,1-3H3. The molecule has 4 nitrogen and oxygen atoms in total. The summed E-state index contributed by atoms with van der Waals surface area (Å²) in [5.41, 5.74) is 2.34. The summed E-state index contributed by atoms with van der Waals surface area (Å²) in [7, 11) is -3.43. The zero-order valence-corrected chi connectivity index (χ0v) is 11.5. The predicted octanol–water partition coefficient (Wildman–Crippen LogP) is 2.17. The Morgan fingerprint density at radius 2 is 1.94 bits per heavy atom. The Kier molecular flexibility index (Phi) is 3.07. The molecule has 1 aliphatic heterocycles. The average molecular weight is 264 g/mol. The minimum Gasteiger partial charge on any atom is -0.380 e. The zero-order chi connectivity index (χ0) is 13.5. The van der Waals surface area contributed by atoms with E-state index in [-0.39, 0.29) is 12.5 Å². The second-order valence-corrected chi connectivity index (χ2v) is 6.89. The molecule has 5 heteroatoms. The van der Waals surface area contributed by atoms with Gasteiger partial charge in [-0.25, -0.2) is 8.42 Å². The van der Waals surface area contributed by atoms with Crippen LogP contribution in [0.1, 0.15) is 24.5 Å². The highest BCUT2D eigenvalue weighted by Crippen LogP contribution is 2.38. The van der Waals surface area contributed by atoms with Gasteiger partial charge in [-0.2, -0.15) is 5.26 Å². The van der Waals surface area contributed by atoms with Gasteiger partial charge in [0.25, 0.3) is 0 Å². The molecule has 1 N–H and O–H groups in total. The lowest BCUT2D eigenvalue weighted by atomic mass is 10.1. The fourth-order valence-electron chi connectivity index (χ4n) is 2.45. The maximum absolute atomic E-state index is 12.6. The molecule has 1 aliphatic rings. The lowest BCUT2D eigenvalue weighted by Crippen LogP contribution is -2.42. The molecule has 0 aromatic heterocycles. The Bertz CT molecular complexity index is 629. The van der Waals surface area contributed by atoms with E-state index in [1.807, 2.05) is 32.0 Å². The molecule has 2 unspecified atom stereocenters. The highest BCUT2D eigenvalue weighted by molar-refractivity contribution is 7.92. The number of sulfone groups is 1. The van der Waals surface area contributed by atoms with Crippen molar-refractivity contribution in [1.29, 1.82) is 5.26 Å². The van der Waals surface area contributed by atoms with Crippen LogP contribution in [0.4, 0.5) is 5.69 Å². The van der Waals surface area contributed by atoms with Crippen molar-refractivity contribution in [2.45, 2.75) is 43.4 Å². The number of rotatable bonds is 1. The molecule has 1 heterocycles. The fourth-order valence-corrected chi connectivity index (χ4v) is 4.67. The van der Waals surface area contributed by atoms with Crippen LogP contribution in [0.3, 0.4) is 0 Å². The van der Waals surface area contributed by atoms with E-state index in [0.717, 1.165) is 11.1 Å². The minimum atomic E-state index is -3.43. The smallest absolute Gasteiger partial charge is 0.186 e. The van der Waals surface area contributed by atoms with Crippen molar-refractivity contribution in [1.82, 2.24) is 0 Å². The maximum atomic E-state index is 12.6. The molecular weight excluding hydrogens is 248 g/mol. The van der Waals surface area contributed by atoms with Gasteiger partial charge in [-0.05, 0) is 31.9 Å². The van der Waals surface area contributed by atoms with E-state index in [4.69, 9.17) is 5.26 Å². The van der Waals surface area contributed by atoms with Crippen LogP contribution in [0, 0.1) is 25.2 Å². The Morgan fingerprint density at radius 1 is 1.33 bits per heavy atom. The monoisotopic (exact) mass is 264 g/mol. The van der Waals surface area contributed by atoms with Gasteiger partial charge >= 0.3 is 0 Å². The third-order valence-electron chi connectivity index (χ3n) is 3.47. The van der Waals surface area contributed by atoms with Crippen LogP contribution >= 0.6 is 0 Å². The van der Waals surface area contributed by atoms with Gasteiger partial charge in [0, 0.05) is 6.04 Å². The second kappa shape index (κ2) is 4.29. The van der Waals surface area contributed by atoms with Gasteiger partial charge in [-0.1, -0.05) is 12.1 Å². The normalized spacial score (nSPS) is 24.8. The molecule has 1 aromatic carbocycles. The number of hydrogen-bond acceptors (Lipinski definition) is 4. The summed E-state index contributed by atoms with van der Waals surface area (Å²) in [5, 5.41) is 11.4. The molecular formula is C13H16N2O2S. The van der Waals surface area contributed by atoms with Gasteiger partial charge < -0.3 is 5.32 Å². The topological polar surface area (TPSA) is 70.0 Å². The number of hydrogen-bond donors (Lipinski definition) is 1. The lowest BCUT2D eigenvalue weighted by Gasteiger charge is -2.32. The number of anilines is 1. The number of benzene rings is 1. The van der Waals surface area contributed by atoms with Crippen LogP contribution in [0.2, 0.25) is 0 Å². The van der Waals surface area contributed by atoms with Crippen LogP contribution in [-0.2, 0) is 9.84 Å². The fraction of sp³-hybridized carbons (Fsp3) is 0.462. The first-order valence-corrected chi connectivity index (χ1v) is 7.41. The summed E-state index contributed by atoms with van der Waals surface area (Å²) in [4.78, 5) is 0.362. The van der Waals surface area contributed by atoms with Crippen LogP contribution in [0.5, 0.6) is 0 Å². The van der Waals surface area contributed by atoms with Crippen LogP contribution in [0.25, 0.3) is 0 Å². The summed E-state index contributed by atoms with van der Waals surface area (Å²) in [6, 6.07) is 5.44. The summed E-state index contributed by atoms with van der Waals surface area (Å²) >= 11 is 0. The van der Waals surface area contributed by atoms with Crippen molar-refractivity contribution < 1.29 is 8.42 Å². The van der Waals surface area contributed by atoms with Crippen LogP contribution < -0.4 is 5.32 Å². The van der Waals surface area contributed by atoms with Crippen molar-refractivity contribution in [3.63, 3.8) is 0 Å². The van der Waals surface area contributed by atoms with E-state index in [1.54, 1.807) is 6.92 Å². The predicted molar refractivity (Wildman–Crippen MR) is 70.2 cm³/mol. The highest BCUT2D eigenvalue weighted by atomic mass is 32.2. The summed E-state index contributed by atoms with van der Waals surface area (Å²) in [5.74, 6) is 0. The van der Waals surface area contributed by atoms with E-state index in [1.165, 1.54) is 0 Å². The maximum Gasteiger partial charge on any atom is 0.186 e. The SMILES string of the molecule is Cc1ccc(C)c2c1NC(C)C(CC#N)S2(=O)=O. The van der Waals surface area contributed by atoms with Crippen molar-refractivity contribution >= 4 is 15.5 Å². The lowest BCUT2D eigenvalue weighted by molar-refractivity contribution is 0.559. The third kappa shape index (κ3) is 1.77. The van der Waals surface area contributed by atoms with Crippen molar-refractivity contribution in [3.05, 3.63) is 23.3 Å². The molecule has 96 valence electrons. The first kappa shape index (κ1) is 12.9. The van der Waals surface area contributed by atoms with E-state index in [2.05, 4.69) is 5.32 Å². The Balaban J connectivity index is 2.71. The molecule has 0 amide bonds. The number of fused-ring (bicyclic) bond motifs is 1. The molecule has 0 saturated carbocycles. The van der Waals surface area contributed by atoms with E-state index in [0.29, 0.717) is 10.6 Å². The zero-order valence-electron chi connectivity index (χ0n) is 10.7. The number of nitrogens with one attached hydrogen (secondary N) is 1. The molecule has 0 radical (unpaired) electrons. The first-order chi connectivity index (χ1) is 8.39. The van der Waals surface area contributed by atoms with E-state index < -0.39 is 15.1 Å². The Labute approximate surface area is 108 Å². The van der Waals surface area contributed by atoms with Crippen molar-refractivity contribution in [2.24, 2.45) is 0 Å². The van der Waals surface area contributed by atoms with Gasteiger partial charge in [0.1, 0.15) is 0 Å². The average Bonchev–Trinajstić information content (AvgIpc) is 2.28. The second-order valence-electron chi connectivity index (χ2n) is 4.78. The molecule has 0 spiro atoms. The molecule has 0 bridgehead atoms. The molecule has 1 aromatic rings. The van der Waals surface area contributed by atoms with Gasteiger partial charge in [-0.15, -0.1) is 0 Å².